The lowest BCUT2D eigenvalue weighted by atomic mass is 9.94. The third-order valence-electron chi connectivity index (χ3n) is 6.10. The van der Waals surface area contributed by atoms with Gasteiger partial charge in [-0.3, -0.25) is 14.8 Å². The van der Waals surface area contributed by atoms with Crippen LogP contribution < -0.4 is 5.32 Å². The van der Waals surface area contributed by atoms with Crippen LogP contribution in [0.4, 0.5) is 4.39 Å². The third kappa shape index (κ3) is 4.47. The van der Waals surface area contributed by atoms with Crippen LogP contribution >= 0.6 is 0 Å². The maximum atomic E-state index is 13.7. The van der Waals surface area contributed by atoms with Crippen molar-refractivity contribution in [3.05, 3.63) is 83.8 Å². The lowest BCUT2D eigenvalue weighted by Crippen LogP contribution is -2.40. The predicted octanol–water partition coefficient (Wildman–Crippen LogP) is 3.02. The summed E-state index contributed by atoms with van der Waals surface area (Å²) in [5, 5.41) is 8.54. The average Bonchev–Trinajstić information content (AvgIpc) is 3.36. The van der Waals surface area contributed by atoms with Crippen molar-refractivity contribution < 1.29 is 9.18 Å². The van der Waals surface area contributed by atoms with Gasteiger partial charge in [0.2, 0.25) is 5.91 Å². The second-order valence-electron chi connectivity index (χ2n) is 8.68. The minimum atomic E-state index is -0.257. The zero-order chi connectivity index (χ0) is 22.9. The molecule has 0 bridgehead atoms. The first-order chi connectivity index (χ1) is 16.0. The number of fused-ring (bicyclic) bond motifs is 1. The molecule has 1 aliphatic rings. The molecule has 1 fully saturated rings. The molecule has 33 heavy (non-hydrogen) atoms. The van der Waals surface area contributed by atoms with Crippen LogP contribution in [0.5, 0.6) is 0 Å². The smallest absolute Gasteiger partial charge is 0.226 e. The highest BCUT2D eigenvalue weighted by Crippen LogP contribution is 2.27. The number of benzene rings is 1. The fraction of sp³-hybridized carbons (Fsp3) is 0.280. The van der Waals surface area contributed by atoms with Gasteiger partial charge in [-0.1, -0.05) is 12.1 Å². The molecule has 5 rings (SSSR count). The first-order valence-corrected chi connectivity index (χ1v) is 11.0. The van der Waals surface area contributed by atoms with Crippen molar-refractivity contribution in [2.75, 3.05) is 20.1 Å². The number of hydrogen-bond acceptors (Lipinski definition) is 5. The van der Waals surface area contributed by atoms with Crippen molar-refractivity contribution in [1.82, 2.24) is 30.0 Å². The number of aromatic nitrogens is 4. The predicted molar refractivity (Wildman–Crippen MR) is 124 cm³/mol. The molecule has 0 unspecified atom stereocenters. The number of rotatable bonds is 5. The van der Waals surface area contributed by atoms with E-state index in [1.54, 1.807) is 30.7 Å². The van der Waals surface area contributed by atoms with Gasteiger partial charge in [0, 0.05) is 42.3 Å². The van der Waals surface area contributed by atoms with Gasteiger partial charge in [0.05, 0.1) is 35.7 Å². The van der Waals surface area contributed by atoms with Gasteiger partial charge in [0.15, 0.2) is 0 Å². The maximum absolute atomic E-state index is 13.7. The summed E-state index contributed by atoms with van der Waals surface area (Å²) in [6.07, 6.45) is 5.45. The van der Waals surface area contributed by atoms with Gasteiger partial charge in [-0.25, -0.2) is 9.07 Å². The average molecular weight is 445 g/mol. The Hall–Kier alpha value is -3.65. The molecule has 0 spiro atoms. The van der Waals surface area contributed by atoms with Gasteiger partial charge in [0.25, 0.3) is 0 Å². The molecule has 0 saturated carbocycles. The van der Waals surface area contributed by atoms with Gasteiger partial charge >= 0.3 is 0 Å². The van der Waals surface area contributed by atoms with E-state index in [4.69, 9.17) is 0 Å². The first kappa shape index (κ1) is 21.2. The zero-order valence-electron chi connectivity index (χ0n) is 18.6. The summed E-state index contributed by atoms with van der Waals surface area (Å²) in [4.78, 5) is 23.7. The van der Waals surface area contributed by atoms with Gasteiger partial charge in [-0.05, 0) is 49.9 Å². The molecule has 0 radical (unpaired) electrons. The molecule has 2 atom stereocenters. The van der Waals surface area contributed by atoms with Crippen molar-refractivity contribution in [3.63, 3.8) is 0 Å². The quantitative estimate of drug-likeness (QED) is 0.512. The van der Waals surface area contributed by atoms with Crippen molar-refractivity contribution in [1.29, 1.82) is 0 Å². The zero-order valence-corrected chi connectivity index (χ0v) is 18.6. The monoisotopic (exact) mass is 444 g/mol. The van der Waals surface area contributed by atoms with Crippen LogP contribution in [0, 0.1) is 12.7 Å². The molecule has 8 heteroatoms. The van der Waals surface area contributed by atoms with Crippen molar-refractivity contribution in [2.24, 2.45) is 0 Å². The van der Waals surface area contributed by atoms with E-state index < -0.39 is 0 Å². The number of nitrogens with one attached hydrogen (secondary N) is 1. The summed E-state index contributed by atoms with van der Waals surface area (Å²) < 4.78 is 15.6. The van der Waals surface area contributed by atoms with E-state index in [2.05, 4.69) is 25.3 Å². The maximum Gasteiger partial charge on any atom is 0.226 e. The van der Waals surface area contributed by atoms with E-state index in [0.717, 1.165) is 40.9 Å². The number of amides is 1. The Labute approximate surface area is 191 Å². The van der Waals surface area contributed by atoms with E-state index in [1.165, 1.54) is 6.07 Å². The third-order valence-corrected chi connectivity index (χ3v) is 6.10. The number of halogens is 1. The first-order valence-electron chi connectivity index (χ1n) is 11.0. The van der Waals surface area contributed by atoms with Gasteiger partial charge < -0.3 is 10.2 Å². The Kier molecular flexibility index (Phi) is 5.60. The Morgan fingerprint density at radius 1 is 1.15 bits per heavy atom. The van der Waals surface area contributed by atoms with E-state index >= 15 is 0 Å². The number of nitrogens with zero attached hydrogens (tertiary/aromatic N) is 5. The molecule has 4 heterocycles. The van der Waals surface area contributed by atoms with Crippen LogP contribution in [0.15, 0.2) is 61.1 Å². The molecule has 3 aromatic heterocycles. The Morgan fingerprint density at radius 3 is 2.85 bits per heavy atom. The van der Waals surface area contributed by atoms with Crippen LogP contribution in [-0.2, 0) is 11.2 Å². The number of likely N-dealkylation sites (tertiary alicyclic amines) is 1. The number of hydrogen-bond donors (Lipinski definition) is 1. The minimum absolute atomic E-state index is 0.0483. The summed E-state index contributed by atoms with van der Waals surface area (Å²) in [5.41, 5.74) is 4.28. The number of carbonyl (C=O) groups is 1. The van der Waals surface area contributed by atoms with E-state index in [9.17, 15) is 9.18 Å². The highest BCUT2D eigenvalue weighted by molar-refractivity contribution is 5.83. The summed E-state index contributed by atoms with van der Waals surface area (Å²) in [6, 6.07) is 12.3. The molecule has 7 nitrogen and oxygen atoms in total. The van der Waals surface area contributed by atoms with Crippen molar-refractivity contribution >= 4 is 16.8 Å². The van der Waals surface area contributed by atoms with Gasteiger partial charge in [0.1, 0.15) is 5.82 Å². The number of carbonyl (C=O) groups excluding carboxylic acids is 1. The SMILES string of the molecule is Cc1cc(-n2ncc3cc(CC(=O)N[C@H]4CN(C)C[C@@H]4c4cccc(F)c4)ncc32)ccn1. The molecule has 0 aliphatic carbocycles. The van der Waals surface area contributed by atoms with Crippen LogP contribution in [0.25, 0.3) is 16.6 Å². The molecule has 1 saturated heterocycles. The molecule has 1 N–H and O–H groups in total. The second kappa shape index (κ2) is 8.71. The van der Waals surface area contributed by atoms with E-state index in [1.807, 2.05) is 42.9 Å². The fourth-order valence-corrected chi connectivity index (χ4v) is 4.58. The molecule has 1 amide bonds. The highest BCUT2D eigenvalue weighted by Gasteiger charge is 2.33. The van der Waals surface area contributed by atoms with E-state index in [0.29, 0.717) is 5.69 Å². The molecular weight excluding hydrogens is 419 g/mol. The Morgan fingerprint density at radius 2 is 2.03 bits per heavy atom. The Balaban J connectivity index is 1.31. The Bertz CT molecular complexity index is 1320. The molecule has 1 aliphatic heterocycles. The fourth-order valence-electron chi connectivity index (χ4n) is 4.58. The van der Waals surface area contributed by atoms with Crippen molar-refractivity contribution in [2.45, 2.75) is 25.3 Å². The lowest BCUT2D eigenvalue weighted by Gasteiger charge is -2.20. The molecule has 1 aromatic carbocycles. The highest BCUT2D eigenvalue weighted by atomic mass is 19.1. The van der Waals surface area contributed by atoms with Crippen molar-refractivity contribution in [3.8, 4) is 5.69 Å². The molecule has 4 aromatic rings. The topological polar surface area (TPSA) is 75.9 Å². The molecule has 168 valence electrons. The lowest BCUT2D eigenvalue weighted by molar-refractivity contribution is -0.121. The normalized spacial score (nSPS) is 18.6. The molecular formula is C25H25FN6O. The summed E-state index contributed by atoms with van der Waals surface area (Å²) in [5.74, 6) is -0.306. The number of likely N-dealkylation sites (N-methyl/N-ethyl adjacent to an activating group) is 1. The summed E-state index contributed by atoms with van der Waals surface area (Å²) in [7, 11) is 2.01. The van der Waals surface area contributed by atoms with Gasteiger partial charge in [-0.2, -0.15) is 5.10 Å². The van der Waals surface area contributed by atoms with E-state index in [-0.39, 0.29) is 30.1 Å². The van der Waals surface area contributed by atoms with Crippen LogP contribution in [0.1, 0.15) is 22.9 Å². The minimum Gasteiger partial charge on any atom is -0.351 e. The van der Waals surface area contributed by atoms with Crippen LogP contribution in [0.2, 0.25) is 0 Å². The summed E-state index contributed by atoms with van der Waals surface area (Å²) >= 11 is 0. The van der Waals surface area contributed by atoms with Gasteiger partial charge in [-0.15, -0.1) is 0 Å². The van der Waals surface area contributed by atoms with Crippen LogP contribution in [-0.4, -0.2) is 56.7 Å². The van der Waals surface area contributed by atoms with Crippen LogP contribution in [0.3, 0.4) is 0 Å². The number of pyridine rings is 2. The number of aryl methyl sites for hydroxylation is 1. The largest absolute Gasteiger partial charge is 0.351 e. The standard InChI is InChI=1S/C25H25FN6O/c1-16-8-21(6-7-27-16)32-24-13-28-20(10-18(24)12-29-32)11-25(33)30-23-15-31(2)14-22(23)17-4-3-5-19(26)9-17/h3-10,12-13,22-23H,11,14-15H2,1-2H3,(H,30,33)/t22-,23+/m1/s1. The second-order valence-corrected chi connectivity index (χ2v) is 8.68. The summed E-state index contributed by atoms with van der Waals surface area (Å²) in [6.45, 7) is 3.43.